The molecule has 2 unspecified atom stereocenters. The minimum Gasteiger partial charge on any atom is -0.481 e. The molecular weight excluding hydrogens is 274 g/mol. The molecule has 7 heteroatoms. The number of para-hydroxylation sites is 1. The van der Waals surface area contributed by atoms with E-state index < -0.39 is 16.8 Å². The van der Waals surface area contributed by atoms with Crippen molar-refractivity contribution in [1.82, 2.24) is 0 Å². The topological polar surface area (TPSA) is 116 Å². The molecular formula is C14H15N3O4. The Bertz CT molecular complexity index is 609. The minimum absolute atomic E-state index is 0.00814. The first-order valence-electron chi connectivity index (χ1n) is 6.68. The van der Waals surface area contributed by atoms with Crippen LogP contribution in [0, 0.1) is 33.3 Å². The molecule has 0 spiro atoms. The molecule has 0 amide bonds. The van der Waals surface area contributed by atoms with Gasteiger partial charge >= 0.3 is 11.7 Å². The van der Waals surface area contributed by atoms with Crippen molar-refractivity contribution in [2.75, 3.05) is 11.9 Å². The summed E-state index contributed by atoms with van der Waals surface area (Å²) in [5, 5.41) is 32.1. The maximum atomic E-state index is 11.1. The van der Waals surface area contributed by atoms with Crippen molar-refractivity contribution in [3.05, 3.63) is 33.9 Å². The molecule has 1 aliphatic carbocycles. The number of carbonyl (C=O) groups is 1. The molecule has 0 aliphatic heterocycles. The second kappa shape index (κ2) is 6.22. The molecule has 0 heterocycles. The van der Waals surface area contributed by atoms with E-state index in [9.17, 15) is 14.9 Å². The van der Waals surface area contributed by atoms with Crippen LogP contribution in [0.1, 0.15) is 24.8 Å². The first-order valence-corrected chi connectivity index (χ1v) is 6.68. The molecule has 21 heavy (non-hydrogen) atoms. The van der Waals surface area contributed by atoms with Crippen LogP contribution >= 0.6 is 0 Å². The highest BCUT2D eigenvalue weighted by Crippen LogP contribution is 2.34. The Morgan fingerprint density at radius 2 is 2.29 bits per heavy atom. The third-order valence-corrected chi connectivity index (χ3v) is 3.87. The molecule has 1 saturated carbocycles. The molecule has 2 atom stereocenters. The Hall–Kier alpha value is -2.62. The molecule has 7 nitrogen and oxygen atoms in total. The van der Waals surface area contributed by atoms with E-state index in [2.05, 4.69) is 5.32 Å². The van der Waals surface area contributed by atoms with Gasteiger partial charge < -0.3 is 10.4 Å². The first-order chi connectivity index (χ1) is 10.0. The number of nitriles is 1. The highest BCUT2D eigenvalue weighted by Gasteiger charge is 2.33. The van der Waals surface area contributed by atoms with E-state index >= 15 is 0 Å². The molecule has 2 N–H and O–H groups in total. The minimum atomic E-state index is -0.820. The number of aliphatic carboxylic acids is 1. The number of anilines is 1. The molecule has 110 valence electrons. The van der Waals surface area contributed by atoms with Crippen LogP contribution in [0.3, 0.4) is 0 Å². The van der Waals surface area contributed by atoms with Gasteiger partial charge in [0.25, 0.3) is 0 Å². The summed E-state index contributed by atoms with van der Waals surface area (Å²) in [6.45, 7) is 0.354. The maximum absolute atomic E-state index is 11.1. The number of carboxylic acids is 1. The molecule has 1 aliphatic rings. The van der Waals surface area contributed by atoms with E-state index in [0.717, 1.165) is 12.8 Å². The number of nitro benzene ring substituents is 1. The van der Waals surface area contributed by atoms with Gasteiger partial charge in [-0.25, -0.2) is 0 Å². The van der Waals surface area contributed by atoms with E-state index in [4.69, 9.17) is 10.4 Å². The average molecular weight is 289 g/mol. The van der Waals surface area contributed by atoms with Gasteiger partial charge in [-0.1, -0.05) is 12.5 Å². The number of carboxylic acid groups (broad SMARTS) is 1. The number of rotatable bonds is 5. The van der Waals surface area contributed by atoms with E-state index in [1.807, 2.05) is 0 Å². The highest BCUT2D eigenvalue weighted by molar-refractivity contribution is 5.71. The number of hydrogen-bond donors (Lipinski definition) is 2. The van der Waals surface area contributed by atoms with Crippen LogP contribution in [0.4, 0.5) is 11.4 Å². The highest BCUT2D eigenvalue weighted by atomic mass is 16.6. The van der Waals surface area contributed by atoms with E-state index in [-0.39, 0.29) is 22.9 Å². The summed E-state index contributed by atoms with van der Waals surface area (Å²) in [7, 11) is 0. The zero-order valence-electron chi connectivity index (χ0n) is 11.3. The predicted molar refractivity (Wildman–Crippen MR) is 74.8 cm³/mol. The Morgan fingerprint density at radius 3 is 2.90 bits per heavy atom. The zero-order chi connectivity index (χ0) is 15.4. The van der Waals surface area contributed by atoms with Gasteiger partial charge in [0.1, 0.15) is 17.3 Å². The number of hydrogen-bond acceptors (Lipinski definition) is 5. The largest absolute Gasteiger partial charge is 0.481 e. The summed E-state index contributed by atoms with van der Waals surface area (Å²) in [6, 6.07) is 6.28. The molecule has 0 saturated heterocycles. The zero-order valence-corrected chi connectivity index (χ0v) is 11.3. The lowest BCUT2D eigenvalue weighted by Crippen LogP contribution is -2.24. The van der Waals surface area contributed by atoms with Crippen molar-refractivity contribution in [3.63, 3.8) is 0 Å². The summed E-state index contributed by atoms with van der Waals surface area (Å²) in [4.78, 5) is 21.6. The fraction of sp³-hybridized carbons (Fsp3) is 0.429. The lowest BCUT2D eigenvalue weighted by atomic mass is 9.96. The number of benzene rings is 1. The van der Waals surface area contributed by atoms with Crippen molar-refractivity contribution in [2.45, 2.75) is 19.3 Å². The van der Waals surface area contributed by atoms with E-state index in [1.54, 1.807) is 12.1 Å². The average Bonchev–Trinajstić information content (AvgIpc) is 2.92. The lowest BCUT2D eigenvalue weighted by molar-refractivity contribution is -0.384. The van der Waals surface area contributed by atoms with Crippen LogP contribution in [0.2, 0.25) is 0 Å². The fourth-order valence-corrected chi connectivity index (χ4v) is 2.82. The SMILES string of the molecule is N#Cc1cccc(NCC2CCCC2C(=O)O)c1[N+](=O)[O-]. The predicted octanol–water partition coefficient (Wildman–Crippen LogP) is 2.38. The van der Waals surface area contributed by atoms with Crippen LogP contribution in [0.5, 0.6) is 0 Å². The Kier molecular flexibility index (Phi) is 4.38. The first kappa shape index (κ1) is 14.8. The molecule has 0 aromatic heterocycles. The van der Waals surface area contributed by atoms with Crippen molar-refractivity contribution >= 4 is 17.3 Å². The third kappa shape index (κ3) is 3.11. The van der Waals surface area contributed by atoms with Crippen LogP contribution < -0.4 is 5.32 Å². The Labute approximate surface area is 121 Å². The van der Waals surface area contributed by atoms with Crippen molar-refractivity contribution in [1.29, 1.82) is 5.26 Å². The van der Waals surface area contributed by atoms with Crippen molar-refractivity contribution < 1.29 is 14.8 Å². The molecule has 1 aromatic carbocycles. The number of nitro groups is 1. The van der Waals surface area contributed by atoms with E-state index in [0.29, 0.717) is 13.0 Å². The van der Waals surface area contributed by atoms with Crippen LogP contribution in [0.25, 0.3) is 0 Å². The van der Waals surface area contributed by atoms with Gasteiger partial charge in [0.15, 0.2) is 0 Å². The third-order valence-electron chi connectivity index (χ3n) is 3.87. The second-order valence-electron chi connectivity index (χ2n) is 5.09. The van der Waals surface area contributed by atoms with Gasteiger partial charge in [0.05, 0.1) is 10.8 Å². The van der Waals surface area contributed by atoms with Gasteiger partial charge in [0, 0.05) is 6.54 Å². The Morgan fingerprint density at radius 1 is 1.52 bits per heavy atom. The van der Waals surface area contributed by atoms with Crippen LogP contribution in [-0.4, -0.2) is 22.5 Å². The second-order valence-corrected chi connectivity index (χ2v) is 5.09. The summed E-state index contributed by atoms with van der Waals surface area (Å²) in [5.41, 5.74) is -0.00818. The lowest BCUT2D eigenvalue weighted by Gasteiger charge is -2.17. The molecule has 1 aromatic rings. The van der Waals surface area contributed by atoms with Gasteiger partial charge in [-0.2, -0.15) is 5.26 Å². The molecule has 2 rings (SSSR count). The van der Waals surface area contributed by atoms with Crippen molar-refractivity contribution in [3.8, 4) is 6.07 Å². The monoisotopic (exact) mass is 289 g/mol. The summed E-state index contributed by atoms with van der Waals surface area (Å²) in [5.74, 6) is -1.27. The van der Waals surface area contributed by atoms with Gasteiger partial charge in [-0.05, 0) is 30.9 Å². The van der Waals surface area contributed by atoms with Gasteiger partial charge in [-0.3, -0.25) is 14.9 Å². The number of nitrogens with zero attached hydrogens (tertiary/aromatic N) is 2. The van der Waals surface area contributed by atoms with Gasteiger partial charge in [0.2, 0.25) is 0 Å². The summed E-state index contributed by atoms with van der Waals surface area (Å²) < 4.78 is 0. The van der Waals surface area contributed by atoms with Crippen LogP contribution in [-0.2, 0) is 4.79 Å². The van der Waals surface area contributed by atoms with E-state index in [1.165, 1.54) is 12.1 Å². The fourth-order valence-electron chi connectivity index (χ4n) is 2.82. The van der Waals surface area contributed by atoms with Gasteiger partial charge in [-0.15, -0.1) is 0 Å². The quantitative estimate of drug-likeness (QED) is 0.635. The van der Waals surface area contributed by atoms with Crippen molar-refractivity contribution in [2.24, 2.45) is 11.8 Å². The normalized spacial score (nSPS) is 20.7. The molecule has 0 radical (unpaired) electrons. The Balaban J connectivity index is 2.16. The van der Waals surface area contributed by atoms with Crippen LogP contribution in [0.15, 0.2) is 18.2 Å². The summed E-state index contributed by atoms with van der Waals surface area (Å²) >= 11 is 0. The standard InChI is InChI=1S/C14H15N3O4/c15-7-9-3-2-6-12(13(9)17(20)21)16-8-10-4-1-5-11(10)14(18)19/h2-3,6,10-11,16H,1,4-5,8H2,(H,18,19). The smallest absolute Gasteiger partial charge is 0.309 e. The number of nitrogens with one attached hydrogen (secondary N) is 1. The molecule has 1 fully saturated rings. The molecule has 0 bridgehead atoms. The maximum Gasteiger partial charge on any atom is 0.309 e. The summed E-state index contributed by atoms with van der Waals surface area (Å²) in [6.07, 6.45) is 2.28.